The van der Waals surface area contributed by atoms with Gasteiger partial charge in [0.2, 0.25) is 5.91 Å². The maximum atomic E-state index is 11.9. The van der Waals surface area contributed by atoms with Gasteiger partial charge in [0.15, 0.2) is 0 Å². The van der Waals surface area contributed by atoms with E-state index in [1.165, 1.54) is 0 Å². The van der Waals surface area contributed by atoms with Crippen molar-refractivity contribution in [2.45, 2.75) is 89.1 Å². The van der Waals surface area contributed by atoms with E-state index >= 15 is 0 Å². The summed E-state index contributed by atoms with van der Waals surface area (Å²) >= 11 is 8.71. The minimum atomic E-state index is -0.247. The van der Waals surface area contributed by atoms with E-state index in [0.29, 0.717) is 24.8 Å². The third-order valence-corrected chi connectivity index (χ3v) is 5.23. The number of carbonyl (C=O) groups is 1. The summed E-state index contributed by atoms with van der Waals surface area (Å²) in [6.45, 7) is 9.53. The van der Waals surface area contributed by atoms with E-state index in [2.05, 4.69) is 58.3 Å². The molecule has 0 spiro atoms. The maximum Gasteiger partial charge on any atom is 0.219 e. The fourth-order valence-electron chi connectivity index (χ4n) is 2.30. The monoisotopic (exact) mass is 393 g/mol. The van der Waals surface area contributed by atoms with Gasteiger partial charge in [-0.2, -0.15) is 25.3 Å². The van der Waals surface area contributed by atoms with E-state index in [0.717, 1.165) is 44.3 Å². The van der Waals surface area contributed by atoms with Crippen LogP contribution in [0.5, 0.6) is 0 Å². The van der Waals surface area contributed by atoms with Gasteiger partial charge in [0.1, 0.15) is 0 Å². The van der Waals surface area contributed by atoms with Crippen LogP contribution in [0.1, 0.15) is 72.6 Å². The molecule has 1 amide bonds. The highest BCUT2D eigenvalue weighted by atomic mass is 32.1. The summed E-state index contributed by atoms with van der Waals surface area (Å²) in [7, 11) is 1.72. The number of nitrogens with one attached hydrogen (secondary N) is 1. The van der Waals surface area contributed by atoms with Gasteiger partial charge in [-0.3, -0.25) is 4.79 Å². The molecule has 0 aliphatic rings. The molecular weight excluding hydrogens is 354 g/mol. The Hall–Kier alpha value is 0.0900. The van der Waals surface area contributed by atoms with Crippen LogP contribution in [-0.4, -0.2) is 48.4 Å². The highest BCUT2D eigenvalue weighted by molar-refractivity contribution is 7.81. The number of carbonyl (C=O) groups excluding carboxylic acids is 1. The molecule has 0 radical (unpaired) electrons. The molecule has 1 unspecified atom stereocenters. The molecule has 0 fully saturated rings. The number of rotatable bonds is 15. The molecule has 1 N–H and O–H groups in total. The van der Waals surface area contributed by atoms with Crippen molar-refractivity contribution in [3.63, 3.8) is 0 Å². The van der Waals surface area contributed by atoms with E-state index in [-0.39, 0.29) is 17.1 Å². The smallest absolute Gasteiger partial charge is 0.219 e. The molecule has 6 heteroatoms. The van der Waals surface area contributed by atoms with E-state index in [4.69, 9.17) is 9.47 Å². The zero-order valence-electron chi connectivity index (χ0n) is 16.8. The second-order valence-electron chi connectivity index (χ2n) is 7.83. The average molecular weight is 394 g/mol. The van der Waals surface area contributed by atoms with Crippen LogP contribution in [0.4, 0.5) is 0 Å². The van der Waals surface area contributed by atoms with Gasteiger partial charge in [0.25, 0.3) is 0 Å². The quantitative estimate of drug-likeness (QED) is 0.287. The van der Waals surface area contributed by atoms with Gasteiger partial charge >= 0.3 is 0 Å². The summed E-state index contributed by atoms with van der Waals surface area (Å²) in [6.07, 6.45) is 6.27. The molecular formula is C19H39NO3S2. The normalized spacial score (nSPS) is 13.7. The molecule has 0 aromatic heterocycles. The van der Waals surface area contributed by atoms with Gasteiger partial charge in [-0.25, -0.2) is 0 Å². The minimum absolute atomic E-state index is 0.126. The van der Waals surface area contributed by atoms with Gasteiger partial charge in [0.05, 0.1) is 17.8 Å². The summed E-state index contributed by atoms with van der Waals surface area (Å²) in [5.41, 5.74) is -0.410. The number of thiol groups is 2. The Morgan fingerprint density at radius 1 is 1.08 bits per heavy atom. The summed E-state index contributed by atoms with van der Waals surface area (Å²) in [5, 5.41) is 3.40. The van der Waals surface area contributed by atoms with Gasteiger partial charge < -0.3 is 14.8 Å². The number of methoxy groups -OCH3 is 1. The predicted octanol–water partition coefficient (Wildman–Crippen LogP) is 4.28. The minimum Gasteiger partial charge on any atom is -0.379 e. The number of ether oxygens (including phenoxy) is 2. The van der Waals surface area contributed by atoms with Crippen LogP contribution >= 0.6 is 25.3 Å². The fourth-order valence-corrected chi connectivity index (χ4v) is 3.12. The van der Waals surface area contributed by atoms with Gasteiger partial charge in [0, 0.05) is 25.3 Å². The lowest BCUT2D eigenvalue weighted by atomic mass is 10.0. The first-order valence-corrected chi connectivity index (χ1v) is 10.5. The molecule has 0 aliphatic carbocycles. The lowest BCUT2D eigenvalue weighted by Crippen LogP contribution is -2.34. The van der Waals surface area contributed by atoms with E-state index in [9.17, 15) is 4.79 Å². The Morgan fingerprint density at radius 2 is 1.76 bits per heavy atom. The molecule has 0 rings (SSSR count). The molecule has 0 aromatic rings. The van der Waals surface area contributed by atoms with Crippen molar-refractivity contribution in [1.29, 1.82) is 0 Å². The number of unbranched alkanes of at least 4 members (excludes halogenated alkanes) is 1. The summed E-state index contributed by atoms with van der Waals surface area (Å²) in [4.78, 5) is 11.9. The zero-order valence-corrected chi connectivity index (χ0v) is 18.6. The van der Waals surface area contributed by atoms with Crippen molar-refractivity contribution in [3.8, 4) is 0 Å². The first-order valence-electron chi connectivity index (χ1n) is 9.36. The third kappa shape index (κ3) is 14.9. The molecule has 25 heavy (non-hydrogen) atoms. The topological polar surface area (TPSA) is 47.6 Å². The largest absolute Gasteiger partial charge is 0.379 e. The summed E-state index contributed by atoms with van der Waals surface area (Å²) < 4.78 is 11.3. The van der Waals surface area contributed by atoms with Crippen molar-refractivity contribution in [2.24, 2.45) is 0 Å². The highest BCUT2D eigenvalue weighted by Crippen LogP contribution is 2.18. The molecule has 0 bridgehead atoms. The first kappa shape index (κ1) is 25.1. The van der Waals surface area contributed by atoms with Crippen LogP contribution in [0, 0.1) is 0 Å². The summed E-state index contributed by atoms with van der Waals surface area (Å²) in [5.74, 6) is 0.997. The van der Waals surface area contributed by atoms with Crippen LogP contribution in [0.25, 0.3) is 0 Å². The molecule has 150 valence electrons. The molecule has 0 aromatic carbocycles. The zero-order chi connectivity index (χ0) is 19.3. The Bertz CT molecular complexity index is 363. The molecule has 1 atom stereocenters. The molecule has 0 heterocycles. The van der Waals surface area contributed by atoms with E-state index in [1.54, 1.807) is 7.11 Å². The SMILES string of the molecule is COC(C)(C)CCOC(C)(C)CCNC(=O)CCCCC(S)CCS. The van der Waals surface area contributed by atoms with Crippen LogP contribution in [-0.2, 0) is 14.3 Å². The molecule has 0 aliphatic heterocycles. The van der Waals surface area contributed by atoms with E-state index in [1.807, 2.05) is 0 Å². The van der Waals surface area contributed by atoms with Gasteiger partial charge in [-0.05, 0) is 65.6 Å². The Morgan fingerprint density at radius 3 is 2.36 bits per heavy atom. The Labute approximate surface area is 166 Å². The lowest BCUT2D eigenvalue weighted by molar-refractivity contribution is -0.121. The number of hydrogen-bond donors (Lipinski definition) is 3. The van der Waals surface area contributed by atoms with Gasteiger partial charge in [-0.15, -0.1) is 0 Å². The van der Waals surface area contributed by atoms with Crippen molar-refractivity contribution in [2.75, 3.05) is 26.0 Å². The first-order chi connectivity index (χ1) is 11.6. The fraction of sp³-hybridized carbons (Fsp3) is 0.947. The Balaban J connectivity index is 3.77. The van der Waals surface area contributed by atoms with Crippen LogP contribution in [0.2, 0.25) is 0 Å². The standard InChI is InChI=1S/C19H39NO3S2/c1-18(2,22-5)12-14-23-19(3,4)11-13-20-17(21)9-7-6-8-16(25)10-15-24/h16,24-25H,6-15H2,1-5H3,(H,20,21). The molecule has 0 saturated carbocycles. The third-order valence-electron chi connectivity index (χ3n) is 4.45. The predicted molar refractivity (Wildman–Crippen MR) is 113 cm³/mol. The lowest BCUT2D eigenvalue weighted by Gasteiger charge is -2.29. The van der Waals surface area contributed by atoms with Crippen molar-refractivity contribution in [1.82, 2.24) is 5.32 Å². The van der Waals surface area contributed by atoms with Crippen molar-refractivity contribution in [3.05, 3.63) is 0 Å². The van der Waals surface area contributed by atoms with Crippen molar-refractivity contribution >= 4 is 31.2 Å². The van der Waals surface area contributed by atoms with Crippen LogP contribution in [0.15, 0.2) is 0 Å². The summed E-state index contributed by atoms with van der Waals surface area (Å²) in [6, 6.07) is 0. The number of hydrogen-bond acceptors (Lipinski definition) is 5. The second-order valence-corrected chi connectivity index (χ2v) is 9.01. The average Bonchev–Trinajstić information content (AvgIpc) is 2.51. The molecule has 4 nitrogen and oxygen atoms in total. The van der Waals surface area contributed by atoms with Gasteiger partial charge in [-0.1, -0.05) is 6.42 Å². The molecule has 0 saturated heterocycles. The van der Waals surface area contributed by atoms with Crippen LogP contribution in [0.3, 0.4) is 0 Å². The van der Waals surface area contributed by atoms with Crippen molar-refractivity contribution < 1.29 is 14.3 Å². The highest BCUT2D eigenvalue weighted by Gasteiger charge is 2.21. The van der Waals surface area contributed by atoms with E-state index < -0.39 is 0 Å². The number of amides is 1. The maximum absolute atomic E-state index is 11.9. The second kappa shape index (κ2) is 13.3. The van der Waals surface area contributed by atoms with Crippen LogP contribution < -0.4 is 5.32 Å². The Kier molecular flexibility index (Phi) is 13.3.